The molecule has 1 aromatic rings. The summed E-state index contributed by atoms with van der Waals surface area (Å²) in [5, 5.41) is 2.92. The Kier molecular flexibility index (Phi) is 5.64. The summed E-state index contributed by atoms with van der Waals surface area (Å²) in [7, 11) is -3.24. The van der Waals surface area contributed by atoms with E-state index in [0.29, 0.717) is 36.7 Å². The molecule has 1 aliphatic heterocycles. The number of carbonyl (C=O) groups excluding carboxylic acids is 1. The zero-order valence-electron chi connectivity index (χ0n) is 13.7. The maximum absolute atomic E-state index is 12.4. The second-order valence-electron chi connectivity index (χ2n) is 6.33. The van der Waals surface area contributed by atoms with Crippen LogP contribution >= 0.6 is 0 Å². The number of nitrogens with one attached hydrogen (secondary N) is 1. The van der Waals surface area contributed by atoms with Crippen molar-refractivity contribution in [1.82, 2.24) is 5.32 Å². The predicted octanol–water partition coefficient (Wildman–Crippen LogP) is 1.33. The number of benzene rings is 1. The van der Waals surface area contributed by atoms with Crippen LogP contribution in [0.3, 0.4) is 0 Å². The molecule has 2 rings (SSSR count). The van der Waals surface area contributed by atoms with Crippen molar-refractivity contribution in [1.29, 1.82) is 0 Å². The molecular weight excluding hydrogens is 314 g/mol. The van der Waals surface area contributed by atoms with Gasteiger partial charge < -0.3 is 11.1 Å². The summed E-state index contributed by atoms with van der Waals surface area (Å²) in [5.74, 6) is 0.372. The van der Waals surface area contributed by atoms with Gasteiger partial charge in [0.05, 0.1) is 11.4 Å². The normalized spacial score (nSPS) is 18.2. The Labute approximate surface area is 138 Å². The fraction of sp³-hybridized carbons (Fsp3) is 0.562. The zero-order valence-corrected chi connectivity index (χ0v) is 14.5. The predicted molar refractivity (Wildman–Crippen MR) is 92.0 cm³/mol. The van der Waals surface area contributed by atoms with Gasteiger partial charge in [-0.25, -0.2) is 8.42 Å². The Morgan fingerprint density at radius 3 is 2.70 bits per heavy atom. The number of hydrogen-bond acceptors (Lipinski definition) is 4. The van der Waals surface area contributed by atoms with Crippen molar-refractivity contribution in [2.45, 2.75) is 32.7 Å². The lowest BCUT2D eigenvalue weighted by atomic mass is 10.0. The van der Waals surface area contributed by atoms with Crippen LogP contribution in [0.25, 0.3) is 0 Å². The van der Waals surface area contributed by atoms with Crippen molar-refractivity contribution in [3.05, 3.63) is 29.8 Å². The smallest absolute Gasteiger partial charge is 0.251 e. The van der Waals surface area contributed by atoms with E-state index in [2.05, 4.69) is 19.2 Å². The molecule has 0 radical (unpaired) electrons. The largest absolute Gasteiger partial charge is 0.348 e. The van der Waals surface area contributed by atoms with Gasteiger partial charge in [0.15, 0.2) is 0 Å². The summed E-state index contributed by atoms with van der Waals surface area (Å²) in [6.07, 6.45) is 1.42. The summed E-state index contributed by atoms with van der Waals surface area (Å²) < 4.78 is 25.4. The first kappa shape index (κ1) is 17.7. The first-order chi connectivity index (χ1) is 10.8. The number of hydrogen-bond donors (Lipinski definition) is 2. The number of carbonyl (C=O) groups is 1. The lowest BCUT2D eigenvalue weighted by Crippen LogP contribution is -2.41. The number of sulfonamides is 1. The van der Waals surface area contributed by atoms with Crippen LogP contribution in [0.5, 0.6) is 0 Å². The van der Waals surface area contributed by atoms with E-state index in [1.165, 1.54) is 4.31 Å². The van der Waals surface area contributed by atoms with Gasteiger partial charge in [-0.2, -0.15) is 0 Å². The van der Waals surface area contributed by atoms with E-state index in [1.807, 2.05) is 0 Å². The topological polar surface area (TPSA) is 92.5 Å². The molecule has 1 aromatic carbocycles. The average Bonchev–Trinajstić information content (AvgIpc) is 2.85. The van der Waals surface area contributed by atoms with Crippen LogP contribution in [0, 0.1) is 5.92 Å². The van der Waals surface area contributed by atoms with E-state index in [4.69, 9.17) is 5.73 Å². The van der Waals surface area contributed by atoms with Crippen LogP contribution < -0.4 is 15.4 Å². The van der Waals surface area contributed by atoms with E-state index in [-0.39, 0.29) is 17.7 Å². The van der Waals surface area contributed by atoms with Gasteiger partial charge in [-0.1, -0.05) is 19.9 Å². The van der Waals surface area contributed by atoms with Crippen molar-refractivity contribution < 1.29 is 13.2 Å². The molecule has 3 N–H and O–H groups in total. The minimum atomic E-state index is -3.24. The Hall–Kier alpha value is -1.60. The van der Waals surface area contributed by atoms with Crippen molar-refractivity contribution >= 4 is 21.6 Å². The molecule has 7 heteroatoms. The van der Waals surface area contributed by atoms with Gasteiger partial charge in [0.1, 0.15) is 0 Å². The molecule has 1 unspecified atom stereocenters. The number of amides is 1. The van der Waals surface area contributed by atoms with Crippen molar-refractivity contribution in [2.75, 3.05) is 23.1 Å². The molecule has 1 saturated heterocycles. The lowest BCUT2D eigenvalue weighted by molar-refractivity contribution is 0.0933. The third kappa shape index (κ3) is 4.45. The van der Waals surface area contributed by atoms with Gasteiger partial charge in [0, 0.05) is 24.7 Å². The van der Waals surface area contributed by atoms with Crippen LogP contribution in [0.2, 0.25) is 0 Å². The van der Waals surface area contributed by atoms with Crippen LogP contribution in [-0.4, -0.2) is 39.2 Å². The van der Waals surface area contributed by atoms with Crippen molar-refractivity contribution in [3.63, 3.8) is 0 Å². The fourth-order valence-electron chi connectivity index (χ4n) is 2.78. The van der Waals surface area contributed by atoms with Crippen LogP contribution in [-0.2, 0) is 10.0 Å². The van der Waals surface area contributed by atoms with Gasteiger partial charge in [0.2, 0.25) is 10.0 Å². The Balaban J connectivity index is 2.14. The van der Waals surface area contributed by atoms with E-state index < -0.39 is 10.0 Å². The summed E-state index contributed by atoms with van der Waals surface area (Å²) >= 11 is 0. The molecule has 1 atom stereocenters. The summed E-state index contributed by atoms with van der Waals surface area (Å²) in [6.45, 7) is 5.00. The highest BCUT2D eigenvalue weighted by Crippen LogP contribution is 2.24. The maximum atomic E-state index is 12.4. The molecule has 128 valence electrons. The lowest BCUT2D eigenvalue weighted by Gasteiger charge is -2.20. The molecule has 0 aromatic heterocycles. The van der Waals surface area contributed by atoms with Gasteiger partial charge in [-0.15, -0.1) is 0 Å². The van der Waals surface area contributed by atoms with E-state index >= 15 is 0 Å². The first-order valence-electron chi connectivity index (χ1n) is 7.95. The Morgan fingerprint density at radius 2 is 2.13 bits per heavy atom. The molecule has 0 bridgehead atoms. The molecule has 1 aliphatic rings. The highest BCUT2D eigenvalue weighted by atomic mass is 32.2. The zero-order chi connectivity index (χ0) is 17.0. The molecule has 1 fully saturated rings. The molecule has 0 saturated carbocycles. The van der Waals surface area contributed by atoms with Crippen molar-refractivity contribution in [2.24, 2.45) is 11.7 Å². The third-order valence-electron chi connectivity index (χ3n) is 3.87. The molecule has 23 heavy (non-hydrogen) atoms. The second kappa shape index (κ2) is 7.31. The highest BCUT2D eigenvalue weighted by molar-refractivity contribution is 7.93. The van der Waals surface area contributed by atoms with Crippen LogP contribution in [0.15, 0.2) is 24.3 Å². The first-order valence-corrected chi connectivity index (χ1v) is 9.56. The Bertz CT molecular complexity index is 658. The number of anilines is 1. The van der Waals surface area contributed by atoms with Crippen LogP contribution in [0.4, 0.5) is 5.69 Å². The summed E-state index contributed by atoms with van der Waals surface area (Å²) in [6, 6.07) is 6.65. The third-order valence-corrected chi connectivity index (χ3v) is 5.74. The van der Waals surface area contributed by atoms with Gasteiger partial charge in [-0.3, -0.25) is 9.10 Å². The van der Waals surface area contributed by atoms with E-state index in [9.17, 15) is 13.2 Å². The number of nitrogens with zero attached hydrogens (tertiary/aromatic N) is 1. The van der Waals surface area contributed by atoms with Crippen molar-refractivity contribution in [3.8, 4) is 0 Å². The second-order valence-corrected chi connectivity index (χ2v) is 8.34. The fourth-order valence-corrected chi connectivity index (χ4v) is 4.34. The number of rotatable bonds is 6. The monoisotopic (exact) mass is 339 g/mol. The van der Waals surface area contributed by atoms with E-state index in [0.717, 1.165) is 6.42 Å². The average molecular weight is 339 g/mol. The molecule has 1 heterocycles. The molecule has 6 nitrogen and oxygen atoms in total. The highest BCUT2D eigenvalue weighted by Gasteiger charge is 2.28. The van der Waals surface area contributed by atoms with Gasteiger partial charge in [0.25, 0.3) is 5.91 Å². The minimum absolute atomic E-state index is 0.0818. The SMILES string of the molecule is CC(C)CC(CN)NC(=O)c1cccc(N2CCCS2(=O)=O)c1. The minimum Gasteiger partial charge on any atom is -0.348 e. The summed E-state index contributed by atoms with van der Waals surface area (Å²) in [4.78, 5) is 12.4. The van der Waals surface area contributed by atoms with Gasteiger partial charge in [-0.05, 0) is 37.0 Å². The molecular formula is C16H25N3O3S. The standard InChI is InChI=1S/C16H25N3O3S/c1-12(2)9-14(11-17)18-16(20)13-5-3-6-15(10-13)19-7-4-8-23(19,21)22/h3,5-6,10,12,14H,4,7-9,11,17H2,1-2H3,(H,18,20). The quantitative estimate of drug-likeness (QED) is 0.818. The van der Waals surface area contributed by atoms with E-state index in [1.54, 1.807) is 24.3 Å². The Morgan fingerprint density at radius 1 is 1.39 bits per heavy atom. The van der Waals surface area contributed by atoms with Gasteiger partial charge >= 0.3 is 0 Å². The molecule has 1 amide bonds. The van der Waals surface area contributed by atoms with Crippen LogP contribution in [0.1, 0.15) is 37.0 Å². The maximum Gasteiger partial charge on any atom is 0.251 e. The summed E-state index contributed by atoms with van der Waals surface area (Å²) in [5.41, 5.74) is 6.71. The number of nitrogens with two attached hydrogens (primary N) is 1. The molecule has 0 aliphatic carbocycles. The molecule has 0 spiro atoms.